The fraction of sp³-hybridized carbons (Fsp3) is 0.300. The van der Waals surface area contributed by atoms with Crippen LogP contribution in [0.2, 0.25) is 0 Å². The maximum Gasteiger partial charge on any atom is 0.406 e. The van der Waals surface area contributed by atoms with Gasteiger partial charge in [-0.1, -0.05) is 18.3 Å². The molecule has 0 spiro atoms. The first-order chi connectivity index (χ1) is 13.6. The maximum atomic E-state index is 13.7. The molecule has 0 atom stereocenters. The molecule has 3 rings (SSSR count). The average Bonchev–Trinajstić information content (AvgIpc) is 2.99. The molecule has 1 heterocycles. The van der Waals surface area contributed by atoms with Crippen molar-refractivity contribution in [1.29, 1.82) is 0 Å². The van der Waals surface area contributed by atoms with Gasteiger partial charge in [0.2, 0.25) is 0 Å². The van der Waals surface area contributed by atoms with Crippen LogP contribution >= 0.6 is 12.2 Å². The van der Waals surface area contributed by atoms with Gasteiger partial charge in [0, 0.05) is 12.0 Å². The standard InChI is InChI=1S/C20H19F4N3OS/c1-12(2)28-17-7-6-14(21)8-13(17)9-18(29)26-16-5-3-4-15-19(16)27(11-25-15)10-20(22,23)24/h3-8,11-12H,9-10H2,1-2H3,(H,26,29). The number of aromatic nitrogens is 2. The van der Waals surface area contributed by atoms with E-state index in [1.165, 1.54) is 18.2 Å². The van der Waals surface area contributed by atoms with Gasteiger partial charge in [0.25, 0.3) is 0 Å². The number of fused-ring (bicyclic) bond motifs is 1. The molecule has 1 N–H and O–H groups in total. The van der Waals surface area contributed by atoms with Gasteiger partial charge < -0.3 is 14.6 Å². The molecule has 1 aromatic heterocycles. The number of para-hydroxylation sites is 1. The zero-order chi connectivity index (χ0) is 21.2. The number of rotatable bonds is 6. The Morgan fingerprint density at radius 1 is 1.24 bits per heavy atom. The highest BCUT2D eigenvalue weighted by Gasteiger charge is 2.29. The first-order valence-electron chi connectivity index (χ1n) is 8.88. The van der Waals surface area contributed by atoms with Crippen molar-refractivity contribution in [3.8, 4) is 5.75 Å². The van der Waals surface area contributed by atoms with Gasteiger partial charge >= 0.3 is 6.18 Å². The summed E-state index contributed by atoms with van der Waals surface area (Å²) in [5.41, 5.74) is 1.66. The van der Waals surface area contributed by atoms with Crippen molar-refractivity contribution in [3.63, 3.8) is 0 Å². The van der Waals surface area contributed by atoms with Crippen molar-refractivity contribution in [3.05, 3.63) is 54.1 Å². The predicted octanol–water partition coefficient (Wildman–Crippen LogP) is 5.51. The van der Waals surface area contributed by atoms with Crippen molar-refractivity contribution in [1.82, 2.24) is 9.55 Å². The quantitative estimate of drug-likeness (QED) is 0.418. The van der Waals surface area contributed by atoms with E-state index in [1.807, 2.05) is 13.8 Å². The zero-order valence-corrected chi connectivity index (χ0v) is 16.6. The van der Waals surface area contributed by atoms with E-state index in [0.29, 0.717) is 33.0 Å². The van der Waals surface area contributed by atoms with Crippen molar-refractivity contribution in [2.45, 2.75) is 39.1 Å². The second kappa shape index (κ2) is 8.36. The molecule has 0 fully saturated rings. The van der Waals surface area contributed by atoms with Crippen LogP contribution in [0.5, 0.6) is 5.75 Å². The SMILES string of the molecule is CC(C)Oc1ccc(F)cc1CC(=S)Nc1cccc2ncn(CC(F)(F)F)c12. The smallest absolute Gasteiger partial charge is 0.406 e. The summed E-state index contributed by atoms with van der Waals surface area (Å²) in [5.74, 6) is 0.0788. The van der Waals surface area contributed by atoms with Crippen LogP contribution in [0.15, 0.2) is 42.7 Å². The Morgan fingerprint density at radius 2 is 2.00 bits per heavy atom. The molecule has 3 aromatic rings. The number of anilines is 1. The third-order valence-corrected chi connectivity index (χ3v) is 4.24. The lowest BCUT2D eigenvalue weighted by atomic mass is 10.1. The number of thiocarbonyl (C=S) groups is 1. The molecule has 0 amide bonds. The van der Waals surface area contributed by atoms with Gasteiger partial charge in [-0.15, -0.1) is 0 Å². The third kappa shape index (κ3) is 5.44. The largest absolute Gasteiger partial charge is 0.491 e. The zero-order valence-electron chi connectivity index (χ0n) is 15.8. The summed E-state index contributed by atoms with van der Waals surface area (Å²) in [5, 5.41) is 2.97. The fourth-order valence-electron chi connectivity index (χ4n) is 2.96. The number of benzene rings is 2. The maximum absolute atomic E-state index is 13.7. The monoisotopic (exact) mass is 425 g/mol. The summed E-state index contributed by atoms with van der Waals surface area (Å²) in [4.78, 5) is 4.34. The molecule has 4 nitrogen and oxygen atoms in total. The van der Waals surface area contributed by atoms with E-state index >= 15 is 0 Å². The minimum atomic E-state index is -4.38. The van der Waals surface area contributed by atoms with Crippen LogP contribution in [0.3, 0.4) is 0 Å². The molecule has 0 aliphatic heterocycles. The Labute approximate surface area is 170 Å². The number of hydrogen-bond acceptors (Lipinski definition) is 3. The van der Waals surface area contributed by atoms with Crippen LogP contribution < -0.4 is 10.1 Å². The topological polar surface area (TPSA) is 39.1 Å². The number of alkyl halides is 3. The Morgan fingerprint density at radius 3 is 2.69 bits per heavy atom. The van der Waals surface area contributed by atoms with Crippen molar-refractivity contribution in [2.24, 2.45) is 0 Å². The Bertz CT molecular complexity index is 1030. The molecule has 9 heteroatoms. The van der Waals surface area contributed by atoms with Crippen LogP contribution in [0, 0.1) is 5.82 Å². The van der Waals surface area contributed by atoms with Gasteiger partial charge in [0.1, 0.15) is 18.1 Å². The molecule has 0 saturated heterocycles. The lowest BCUT2D eigenvalue weighted by Crippen LogP contribution is -2.18. The van der Waals surface area contributed by atoms with E-state index in [1.54, 1.807) is 18.2 Å². The summed E-state index contributed by atoms with van der Waals surface area (Å²) in [6, 6.07) is 9.09. The number of halogens is 4. The Kier molecular flexibility index (Phi) is 6.07. The van der Waals surface area contributed by atoms with E-state index in [9.17, 15) is 17.6 Å². The van der Waals surface area contributed by atoms with Crippen LogP contribution in [0.1, 0.15) is 19.4 Å². The second-order valence-electron chi connectivity index (χ2n) is 6.80. The van der Waals surface area contributed by atoms with E-state index in [2.05, 4.69) is 10.3 Å². The predicted molar refractivity (Wildman–Crippen MR) is 108 cm³/mol. The summed E-state index contributed by atoms with van der Waals surface area (Å²) in [6.07, 6.45) is -3.18. The number of ether oxygens (including phenoxy) is 1. The molecule has 0 aliphatic rings. The van der Waals surface area contributed by atoms with Crippen molar-refractivity contribution >= 4 is 33.9 Å². The van der Waals surface area contributed by atoms with Crippen molar-refractivity contribution in [2.75, 3.05) is 5.32 Å². The molecule has 2 aromatic carbocycles. The van der Waals surface area contributed by atoms with Gasteiger partial charge in [-0.05, 0) is 44.2 Å². The second-order valence-corrected chi connectivity index (χ2v) is 7.30. The highest BCUT2D eigenvalue weighted by Crippen LogP contribution is 2.28. The van der Waals surface area contributed by atoms with Gasteiger partial charge in [-0.2, -0.15) is 13.2 Å². The van der Waals surface area contributed by atoms with Crippen molar-refractivity contribution < 1.29 is 22.3 Å². The minimum Gasteiger partial charge on any atom is -0.491 e. The first-order valence-corrected chi connectivity index (χ1v) is 9.29. The molecule has 0 saturated carbocycles. The lowest BCUT2D eigenvalue weighted by Gasteiger charge is -2.16. The summed E-state index contributed by atoms with van der Waals surface area (Å²) >= 11 is 5.38. The highest BCUT2D eigenvalue weighted by molar-refractivity contribution is 7.80. The molecular weight excluding hydrogens is 406 g/mol. The fourth-order valence-corrected chi connectivity index (χ4v) is 3.23. The summed E-state index contributed by atoms with van der Waals surface area (Å²) in [6.45, 7) is 2.55. The third-order valence-electron chi connectivity index (χ3n) is 4.00. The molecular formula is C20H19F4N3OS. The normalized spacial score (nSPS) is 11.8. The number of nitrogens with one attached hydrogen (secondary N) is 1. The Balaban J connectivity index is 1.86. The van der Waals surface area contributed by atoms with Gasteiger partial charge in [-0.25, -0.2) is 9.37 Å². The molecule has 0 radical (unpaired) electrons. The van der Waals surface area contributed by atoms with Gasteiger partial charge in [0.15, 0.2) is 0 Å². The van der Waals surface area contributed by atoms with E-state index < -0.39 is 18.5 Å². The van der Waals surface area contributed by atoms with E-state index in [-0.39, 0.29) is 12.5 Å². The average molecular weight is 425 g/mol. The molecule has 0 unspecified atom stereocenters. The van der Waals surface area contributed by atoms with E-state index in [0.717, 1.165) is 10.9 Å². The Hall–Kier alpha value is -2.68. The molecule has 0 aliphatic carbocycles. The number of imidazole rings is 1. The lowest BCUT2D eigenvalue weighted by molar-refractivity contribution is -0.139. The minimum absolute atomic E-state index is 0.105. The van der Waals surface area contributed by atoms with Crippen LogP contribution in [0.25, 0.3) is 11.0 Å². The molecule has 154 valence electrons. The van der Waals surface area contributed by atoms with Crippen LogP contribution in [-0.2, 0) is 13.0 Å². The van der Waals surface area contributed by atoms with Gasteiger partial charge in [-0.3, -0.25) is 0 Å². The number of hydrogen-bond donors (Lipinski definition) is 1. The summed E-state index contributed by atoms with van der Waals surface area (Å²) in [7, 11) is 0. The number of nitrogens with zero attached hydrogens (tertiary/aromatic N) is 2. The highest BCUT2D eigenvalue weighted by atomic mass is 32.1. The van der Waals surface area contributed by atoms with Gasteiger partial charge in [0.05, 0.1) is 34.1 Å². The molecule has 0 bridgehead atoms. The van der Waals surface area contributed by atoms with Crippen LogP contribution in [0.4, 0.5) is 23.2 Å². The van der Waals surface area contributed by atoms with Crippen LogP contribution in [-0.4, -0.2) is 26.8 Å². The first kappa shape index (κ1) is 21.0. The molecule has 29 heavy (non-hydrogen) atoms. The van der Waals surface area contributed by atoms with E-state index in [4.69, 9.17) is 17.0 Å². The summed E-state index contributed by atoms with van der Waals surface area (Å²) < 4.78 is 59.0.